The molecular weight excluding hydrogens is 484 g/mol. The highest BCUT2D eigenvalue weighted by molar-refractivity contribution is 5.10. The first-order valence-electron chi connectivity index (χ1n) is 14.9. The van der Waals surface area contributed by atoms with Gasteiger partial charge < -0.3 is 33.9 Å². The fraction of sp³-hybridized carbons (Fsp3) is 0.935. The molecule has 4 rings (SSSR count). The van der Waals surface area contributed by atoms with Gasteiger partial charge in [-0.15, -0.1) is 0 Å². The zero-order valence-electron chi connectivity index (χ0n) is 25.2. The van der Waals surface area contributed by atoms with Crippen LogP contribution in [0.5, 0.6) is 0 Å². The van der Waals surface area contributed by atoms with Gasteiger partial charge in [-0.05, 0) is 98.0 Å². The summed E-state index contributed by atoms with van der Waals surface area (Å²) in [6.07, 6.45) is 7.27. The highest BCUT2D eigenvalue weighted by atomic mass is 16.7. The Balaban J connectivity index is 1.29. The molecule has 38 heavy (non-hydrogen) atoms. The zero-order valence-corrected chi connectivity index (χ0v) is 25.2. The Bertz CT molecular complexity index is 854. The summed E-state index contributed by atoms with van der Waals surface area (Å²) in [6, 6.07) is 0. The van der Waals surface area contributed by atoms with Crippen molar-refractivity contribution in [1.82, 2.24) is 0 Å². The molecule has 0 aromatic carbocycles. The normalized spacial score (nSPS) is 44.8. The third-order valence-electron chi connectivity index (χ3n) is 10.3. The molecule has 9 unspecified atom stereocenters. The van der Waals surface area contributed by atoms with Crippen LogP contribution in [0.25, 0.3) is 0 Å². The van der Waals surface area contributed by atoms with E-state index in [1.807, 2.05) is 6.92 Å². The van der Waals surface area contributed by atoms with E-state index in [0.29, 0.717) is 12.8 Å². The van der Waals surface area contributed by atoms with Crippen molar-refractivity contribution in [3.63, 3.8) is 0 Å². The zero-order chi connectivity index (χ0) is 28.1. The van der Waals surface area contributed by atoms with Crippen LogP contribution in [0.15, 0.2) is 12.2 Å². The molecule has 4 aliphatic heterocycles. The van der Waals surface area contributed by atoms with Crippen molar-refractivity contribution < 1.29 is 33.9 Å². The maximum absolute atomic E-state index is 11.0. The number of aliphatic hydroxyl groups is 2. The summed E-state index contributed by atoms with van der Waals surface area (Å²) in [6.45, 7) is 18.5. The molecule has 9 atom stereocenters. The second-order valence-corrected chi connectivity index (χ2v) is 14.1. The van der Waals surface area contributed by atoms with Crippen molar-refractivity contribution in [2.75, 3.05) is 7.11 Å². The average molecular weight is 539 g/mol. The van der Waals surface area contributed by atoms with E-state index in [9.17, 15) is 10.2 Å². The van der Waals surface area contributed by atoms with Crippen LogP contribution in [0.3, 0.4) is 0 Å². The minimum absolute atomic E-state index is 0.0229. The van der Waals surface area contributed by atoms with Crippen molar-refractivity contribution in [3.05, 3.63) is 12.2 Å². The van der Waals surface area contributed by atoms with Crippen LogP contribution in [0, 0.1) is 5.92 Å². The lowest BCUT2D eigenvalue weighted by Crippen LogP contribution is -2.59. The molecule has 4 fully saturated rings. The number of ether oxygens (including phenoxy) is 5. The van der Waals surface area contributed by atoms with Crippen molar-refractivity contribution >= 4 is 0 Å². The number of rotatable bonds is 9. The maximum Gasteiger partial charge on any atom is 0.171 e. The van der Waals surface area contributed by atoms with Crippen LogP contribution >= 0.6 is 0 Å². The minimum Gasteiger partial charge on any atom is -0.390 e. The Morgan fingerprint density at radius 2 is 1.66 bits per heavy atom. The van der Waals surface area contributed by atoms with Gasteiger partial charge >= 0.3 is 0 Å². The van der Waals surface area contributed by atoms with E-state index >= 15 is 0 Å². The predicted octanol–water partition coefficient (Wildman–Crippen LogP) is 5.45. The van der Waals surface area contributed by atoms with Gasteiger partial charge in [0, 0.05) is 19.4 Å². The van der Waals surface area contributed by atoms with Gasteiger partial charge in [-0.3, -0.25) is 0 Å². The molecule has 0 spiro atoms. The molecule has 0 aromatic heterocycles. The van der Waals surface area contributed by atoms with Crippen LogP contribution in [-0.4, -0.2) is 76.0 Å². The summed E-state index contributed by atoms with van der Waals surface area (Å²) in [7, 11) is 1.75. The second-order valence-electron chi connectivity index (χ2n) is 14.1. The van der Waals surface area contributed by atoms with E-state index < -0.39 is 23.1 Å². The summed E-state index contributed by atoms with van der Waals surface area (Å²) in [5.41, 5.74) is -1.24. The lowest BCUT2D eigenvalue weighted by molar-refractivity contribution is -0.304. The number of hydrogen-bond donors (Lipinski definition) is 2. The molecule has 220 valence electrons. The summed E-state index contributed by atoms with van der Waals surface area (Å²) >= 11 is 0. The predicted molar refractivity (Wildman–Crippen MR) is 147 cm³/mol. The monoisotopic (exact) mass is 538 g/mol. The first-order valence-corrected chi connectivity index (χ1v) is 14.9. The number of hydrogen-bond acceptors (Lipinski definition) is 7. The molecule has 0 radical (unpaired) electrons. The molecule has 0 aliphatic carbocycles. The van der Waals surface area contributed by atoms with E-state index in [-0.39, 0.29) is 41.5 Å². The Kier molecular flexibility index (Phi) is 8.56. The Morgan fingerprint density at radius 1 is 0.974 bits per heavy atom. The number of fused-ring (bicyclic) bond motifs is 1. The maximum atomic E-state index is 11.0. The van der Waals surface area contributed by atoms with Crippen molar-refractivity contribution in [1.29, 1.82) is 0 Å². The summed E-state index contributed by atoms with van der Waals surface area (Å²) in [5, 5.41) is 21.3. The standard InChI is InChI=1S/C31H54O7/c1-20(2)31(34-9)19-18-30(8,38-31)26-15-17-29(7)25(35-26)13-11-22(36-29)21(3)10-12-23(32)28(6)16-14-24(37-28)27(4,5)33/h20,22-26,32-33H,3,10-19H2,1-2,4-9H3. The van der Waals surface area contributed by atoms with Crippen LogP contribution in [-0.2, 0) is 23.7 Å². The Labute approximate surface area is 230 Å². The molecule has 0 aromatic rings. The third-order valence-corrected chi connectivity index (χ3v) is 10.3. The second kappa shape index (κ2) is 10.7. The van der Waals surface area contributed by atoms with E-state index in [4.69, 9.17) is 23.7 Å². The van der Waals surface area contributed by atoms with Crippen LogP contribution in [0.2, 0.25) is 0 Å². The third kappa shape index (κ3) is 5.77. The average Bonchev–Trinajstić information content (AvgIpc) is 3.44. The summed E-state index contributed by atoms with van der Waals surface area (Å²) in [5.74, 6) is -0.261. The first-order chi connectivity index (χ1) is 17.6. The van der Waals surface area contributed by atoms with E-state index in [0.717, 1.165) is 56.9 Å². The lowest BCUT2D eigenvalue weighted by Gasteiger charge is -2.52. The topological polar surface area (TPSA) is 86.6 Å². The van der Waals surface area contributed by atoms with Gasteiger partial charge in [0.25, 0.3) is 0 Å². The molecule has 4 aliphatic rings. The molecule has 0 bridgehead atoms. The van der Waals surface area contributed by atoms with Gasteiger partial charge in [0.05, 0.1) is 52.9 Å². The van der Waals surface area contributed by atoms with E-state index in [2.05, 4.69) is 34.3 Å². The van der Waals surface area contributed by atoms with Crippen LogP contribution < -0.4 is 0 Å². The minimum atomic E-state index is -0.910. The van der Waals surface area contributed by atoms with Gasteiger partial charge in [-0.1, -0.05) is 20.4 Å². The smallest absolute Gasteiger partial charge is 0.171 e. The molecule has 4 saturated heterocycles. The summed E-state index contributed by atoms with van der Waals surface area (Å²) < 4.78 is 32.1. The highest BCUT2D eigenvalue weighted by Crippen LogP contribution is 2.50. The number of methoxy groups -OCH3 is 1. The molecule has 0 saturated carbocycles. The largest absolute Gasteiger partial charge is 0.390 e. The lowest BCUT2D eigenvalue weighted by atomic mass is 9.78. The quantitative estimate of drug-likeness (QED) is 0.378. The van der Waals surface area contributed by atoms with Crippen LogP contribution in [0.4, 0.5) is 0 Å². The van der Waals surface area contributed by atoms with Gasteiger partial charge in [-0.2, -0.15) is 0 Å². The molecular formula is C31H54O7. The van der Waals surface area contributed by atoms with Crippen molar-refractivity contribution in [2.45, 2.75) is 171 Å². The molecule has 4 heterocycles. The fourth-order valence-corrected chi connectivity index (χ4v) is 7.24. The first kappa shape index (κ1) is 30.4. The van der Waals surface area contributed by atoms with Gasteiger partial charge in [-0.25, -0.2) is 0 Å². The van der Waals surface area contributed by atoms with Gasteiger partial charge in [0.15, 0.2) is 5.79 Å². The molecule has 0 amide bonds. The van der Waals surface area contributed by atoms with Crippen molar-refractivity contribution in [2.24, 2.45) is 5.92 Å². The Morgan fingerprint density at radius 3 is 2.24 bits per heavy atom. The van der Waals surface area contributed by atoms with E-state index in [1.54, 1.807) is 21.0 Å². The van der Waals surface area contributed by atoms with E-state index in [1.165, 1.54) is 0 Å². The Hall–Kier alpha value is -0.540. The summed E-state index contributed by atoms with van der Waals surface area (Å²) in [4.78, 5) is 0. The van der Waals surface area contributed by atoms with Crippen LogP contribution in [0.1, 0.15) is 113 Å². The fourth-order valence-electron chi connectivity index (χ4n) is 7.24. The van der Waals surface area contributed by atoms with Crippen molar-refractivity contribution in [3.8, 4) is 0 Å². The van der Waals surface area contributed by atoms with Gasteiger partial charge in [0.2, 0.25) is 0 Å². The SMILES string of the molecule is C=C(CCC(O)C1(C)CCC(C(C)(C)O)O1)C1CCC2OC(C3(C)CCC(OC)(C(C)C)O3)CCC2(C)O1. The van der Waals surface area contributed by atoms with Gasteiger partial charge in [0.1, 0.15) is 0 Å². The number of aliphatic hydroxyl groups excluding tert-OH is 1. The molecule has 2 N–H and O–H groups in total. The highest BCUT2D eigenvalue weighted by Gasteiger charge is 2.57. The molecule has 7 nitrogen and oxygen atoms in total. The molecule has 7 heteroatoms.